The van der Waals surface area contributed by atoms with Gasteiger partial charge in [-0.15, -0.1) is 0 Å². The van der Waals surface area contributed by atoms with Crippen LogP contribution in [0.3, 0.4) is 0 Å². The number of aromatic nitrogens is 1. The molecule has 0 aliphatic heterocycles. The standard InChI is InChI=1S/C12H20N2O/c1-10(2)14-9-12(15)7-6-11-5-3-4-8-13-11/h3-5,8,10,12,14-15H,6-7,9H2,1-2H3. The number of nitrogens with zero attached hydrogens (tertiary/aromatic N) is 1. The molecule has 0 aliphatic rings. The molecule has 0 aliphatic carbocycles. The average molecular weight is 208 g/mol. The maximum Gasteiger partial charge on any atom is 0.0668 e. The Morgan fingerprint density at radius 3 is 2.80 bits per heavy atom. The minimum Gasteiger partial charge on any atom is -0.392 e. The normalized spacial score (nSPS) is 13.1. The summed E-state index contributed by atoms with van der Waals surface area (Å²) in [5.74, 6) is 0. The number of hydrogen-bond acceptors (Lipinski definition) is 3. The van der Waals surface area contributed by atoms with Crippen LogP contribution in [-0.4, -0.2) is 28.8 Å². The number of rotatable bonds is 6. The first-order valence-corrected chi connectivity index (χ1v) is 5.50. The zero-order valence-electron chi connectivity index (χ0n) is 9.48. The van der Waals surface area contributed by atoms with Crippen molar-refractivity contribution in [3.05, 3.63) is 30.1 Å². The molecule has 3 nitrogen and oxygen atoms in total. The van der Waals surface area contributed by atoms with Crippen LogP contribution in [0.15, 0.2) is 24.4 Å². The summed E-state index contributed by atoms with van der Waals surface area (Å²) in [6.45, 7) is 4.81. The van der Waals surface area contributed by atoms with Gasteiger partial charge in [0.05, 0.1) is 6.10 Å². The van der Waals surface area contributed by atoms with E-state index in [0.717, 1.165) is 18.5 Å². The highest BCUT2D eigenvalue weighted by atomic mass is 16.3. The highest BCUT2D eigenvalue weighted by Gasteiger charge is 2.05. The molecule has 0 spiro atoms. The number of aliphatic hydroxyl groups is 1. The number of nitrogens with one attached hydrogen (secondary N) is 1. The molecule has 3 heteroatoms. The first kappa shape index (κ1) is 12.1. The van der Waals surface area contributed by atoms with Crippen molar-refractivity contribution in [2.45, 2.75) is 38.8 Å². The molecule has 0 bridgehead atoms. The molecule has 15 heavy (non-hydrogen) atoms. The third kappa shape index (κ3) is 5.50. The molecule has 0 saturated carbocycles. The van der Waals surface area contributed by atoms with Crippen LogP contribution in [0.25, 0.3) is 0 Å². The molecule has 2 N–H and O–H groups in total. The fraction of sp³-hybridized carbons (Fsp3) is 0.583. The highest BCUT2D eigenvalue weighted by Crippen LogP contribution is 2.01. The minimum absolute atomic E-state index is 0.283. The van der Waals surface area contributed by atoms with Gasteiger partial charge in [0.15, 0.2) is 0 Å². The summed E-state index contributed by atoms with van der Waals surface area (Å²) in [5, 5.41) is 12.9. The van der Waals surface area contributed by atoms with Gasteiger partial charge < -0.3 is 10.4 Å². The topological polar surface area (TPSA) is 45.1 Å². The predicted octanol–water partition coefficient (Wildman–Crippen LogP) is 1.37. The van der Waals surface area contributed by atoms with E-state index < -0.39 is 0 Å². The summed E-state index contributed by atoms with van der Waals surface area (Å²) >= 11 is 0. The lowest BCUT2D eigenvalue weighted by molar-refractivity contribution is 0.159. The van der Waals surface area contributed by atoms with Gasteiger partial charge in [-0.3, -0.25) is 4.98 Å². The Balaban J connectivity index is 2.19. The summed E-state index contributed by atoms with van der Waals surface area (Å²) in [4.78, 5) is 4.21. The van der Waals surface area contributed by atoms with E-state index in [1.165, 1.54) is 0 Å². The Labute approximate surface area is 91.5 Å². The summed E-state index contributed by atoms with van der Waals surface area (Å²) in [5.41, 5.74) is 1.04. The van der Waals surface area contributed by atoms with Crippen LogP contribution in [0.2, 0.25) is 0 Å². The molecule has 1 rings (SSSR count). The monoisotopic (exact) mass is 208 g/mol. The second-order valence-corrected chi connectivity index (χ2v) is 4.08. The Kier molecular flexibility index (Phi) is 5.29. The van der Waals surface area contributed by atoms with Crippen molar-refractivity contribution in [2.24, 2.45) is 0 Å². The molecule has 0 amide bonds. The van der Waals surface area contributed by atoms with E-state index in [1.807, 2.05) is 18.2 Å². The second kappa shape index (κ2) is 6.53. The second-order valence-electron chi connectivity index (χ2n) is 4.08. The van der Waals surface area contributed by atoms with Gasteiger partial charge in [0, 0.05) is 24.5 Å². The highest BCUT2D eigenvalue weighted by molar-refractivity contribution is 5.03. The van der Waals surface area contributed by atoms with E-state index in [1.54, 1.807) is 6.20 Å². The number of aryl methyl sites for hydroxylation is 1. The van der Waals surface area contributed by atoms with Crippen molar-refractivity contribution < 1.29 is 5.11 Å². The molecular formula is C12H20N2O. The summed E-state index contributed by atoms with van der Waals surface area (Å²) in [6, 6.07) is 6.29. The molecule has 0 fully saturated rings. The smallest absolute Gasteiger partial charge is 0.0668 e. The molecule has 1 aromatic rings. The molecule has 1 aromatic heterocycles. The summed E-state index contributed by atoms with van der Waals surface area (Å²) in [7, 11) is 0. The van der Waals surface area contributed by atoms with Crippen molar-refractivity contribution in [3.63, 3.8) is 0 Å². The van der Waals surface area contributed by atoms with Crippen molar-refractivity contribution >= 4 is 0 Å². The SMILES string of the molecule is CC(C)NCC(O)CCc1ccccn1. The van der Waals surface area contributed by atoms with Crippen LogP contribution in [0.1, 0.15) is 26.0 Å². The third-order valence-electron chi connectivity index (χ3n) is 2.22. The molecular weight excluding hydrogens is 188 g/mol. The van der Waals surface area contributed by atoms with Crippen LogP contribution in [-0.2, 0) is 6.42 Å². The average Bonchev–Trinajstić information content (AvgIpc) is 2.25. The number of aliphatic hydroxyl groups excluding tert-OH is 1. The predicted molar refractivity (Wildman–Crippen MR) is 61.7 cm³/mol. The maximum atomic E-state index is 9.67. The molecule has 0 aromatic carbocycles. The van der Waals surface area contributed by atoms with Crippen LogP contribution in [0.5, 0.6) is 0 Å². The minimum atomic E-state index is -0.283. The Morgan fingerprint density at radius 1 is 1.40 bits per heavy atom. The maximum absolute atomic E-state index is 9.67. The molecule has 84 valence electrons. The lowest BCUT2D eigenvalue weighted by atomic mass is 10.1. The molecule has 1 atom stereocenters. The quantitative estimate of drug-likeness (QED) is 0.742. The van der Waals surface area contributed by atoms with E-state index in [0.29, 0.717) is 12.6 Å². The first-order valence-electron chi connectivity index (χ1n) is 5.50. The van der Waals surface area contributed by atoms with E-state index >= 15 is 0 Å². The van der Waals surface area contributed by atoms with Gasteiger partial charge in [0.1, 0.15) is 0 Å². The van der Waals surface area contributed by atoms with Gasteiger partial charge in [-0.05, 0) is 25.0 Å². The van der Waals surface area contributed by atoms with Gasteiger partial charge in [0.2, 0.25) is 0 Å². The van der Waals surface area contributed by atoms with Crippen LogP contribution in [0, 0.1) is 0 Å². The van der Waals surface area contributed by atoms with E-state index in [-0.39, 0.29) is 6.10 Å². The summed E-state index contributed by atoms with van der Waals surface area (Å²) in [6.07, 6.45) is 3.10. The summed E-state index contributed by atoms with van der Waals surface area (Å²) < 4.78 is 0. The van der Waals surface area contributed by atoms with Crippen molar-refractivity contribution in [3.8, 4) is 0 Å². The lowest BCUT2D eigenvalue weighted by Crippen LogP contribution is -2.32. The third-order valence-corrected chi connectivity index (χ3v) is 2.22. The van der Waals surface area contributed by atoms with Crippen molar-refractivity contribution in [1.82, 2.24) is 10.3 Å². The molecule has 1 unspecified atom stereocenters. The van der Waals surface area contributed by atoms with Crippen LogP contribution in [0.4, 0.5) is 0 Å². The van der Waals surface area contributed by atoms with Crippen LogP contribution >= 0.6 is 0 Å². The Hall–Kier alpha value is -0.930. The number of hydrogen-bond donors (Lipinski definition) is 2. The Bertz CT molecular complexity index is 262. The van der Waals surface area contributed by atoms with E-state index in [2.05, 4.69) is 24.1 Å². The van der Waals surface area contributed by atoms with Gasteiger partial charge in [-0.1, -0.05) is 19.9 Å². The van der Waals surface area contributed by atoms with Gasteiger partial charge in [-0.2, -0.15) is 0 Å². The lowest BCUT2D eigenvalue weighted by Gasteiger charge is -2.13. The largest absolute Gasteiger partial charge is 0.392 e. The van der Waals surface area contributed by atoms with E-state index in [9.17, 15) is 5.11 Å². The first-order chi connectivity index (χ1) is 7.18. The van der Waals surface area contributed by atoms with Crippen LogP contribution < -0.4 is 5.32 Å². The Morgan fingerprint density at radius 2 is 2.20 bits per heavy atom. The fourth-order valence-corrected chi connectivity index (χ4v) is 1.33. The zero-order chi connectivity index (χ0) is 11.1. The molecule has 0 radical (unpaired) electrons. The van der Waals surface area contributed by atoms with Gasteiger partial charge in [0.25, 0.3) is 0 Å². The van der Waals surface area contributed by atoms with Crippen molar-refractivity contribution in [2.75, 3.05) is 6.54 Å². The fourth-order valence-electron chi connectivity index (χ4n) is 1.33. The van der Waals surface area contributed by atoms with Crippen molar-refractivity contribution in [1.29, 1.82) is 0 Å². The molecule has 1 heterocycles. The van der Waals surface area contributed by atoms with E-state index in [4.69, 9.17) is 0 Å². The van der Waals surface area contributed by atoms with Gasteiger partial charge >= 0.3 is 0 Å². The molecule has 0 saturated heterocycles. The number of pyridine rings is 1. The van der Waals surface area contributed by atoms with Gasteiger partial charge in [-0.25, -0.2) is 0 Å². The zero-order valence-corrected chi connectivity index (χ0v) is 9.48.